The minimum atomic E-state index is -0.0938. The predicted octanol–water partition coefficient (Wildman–Crippen LogP) is 5.68. The molecule has 0 saturated carbocycles. The number of rotatable bonds is 8. The SMILES string of the molecule is CCOc1ccc(-n2c(SCC(=O)Nc3cccc(C)c3)nnc2-c2ccc(C)cc2)cc1. The van der Waals surface area contributed by atoms with Crippen LogP contribution < -0.4 is 10.1 Å². The second-order valence-corrected chi connectivity index (χ2v) is 8.58. The first-order valence-corrected chi connectivity index (χ1v) is 11.8. The van der Waals surface area contributed by atoms with Gasteiger partial charge in [0, 0.05) is 16.9 Å². The summed E-state index contributed by atoms with van der Waals surface area (Å²) in [6, 6.07) is 23.7. The molecule has 6 nitrogen and oxygen atoms in total. The molecule has 0 unspecified atom stereocenters. The molecule has 3 aromatic carbocycles. The average molecular weight is 459 g/mol. The highest BCUT2D eigenvalue weighted by Crippen LogP contribution is 2.29. The van der Waals surface area contributed by atoms with E-state index in [-0.39, 0.29) is 11.7 Å². The molecule has 4 aromatic rings. The van der Waals surface area contributed by atoms with Gasteiger partial charge in [0.15, 0.2) is 11.0 Å². The Labute approximate surface area is 198 Å². The predicted molar refractivity (Wildman–Crippen MR) is 133 cm³/mol. The molecule has 1 aromatic heterocycles. The maximum absolute atomic E-state index is 12.6. The summed E-state index contributed by atoms with van der Waals surface area (Å²) in [5.74, 6) is 1.65. The third-order valence-corrected chi connectivity index (χ3v) is 5.91. The van der Waals surface area contributed by atoms with Crippen molar-refractivity contribution in [1.29, 1.82) is 0 Å². The summed E-state index contributed by atoms with van der Waals surface area (Å²) in [6.45, 7) is 6.61. The van der Waals surface area contributed by atoms with Gasteiger partial charge in [0.1, 0.15) is 5.75 Å². The number of aryl methyl sites for hydroxylation is 2. The molecule has 0 spiro atoms. The van der Waals surface area contributed by atoms with E-state index in [1.807, 2.05) is 79.1 Å². The Balaban J connectivity index is 1.60. The summed E-state index contributed by atoms with van der Waals surface area (Å²) in [4.78, 5) is 12.6. The van der Waals surface area contributed by atoms with Crippen molar-refractivity contribution in [2.45, 2.75) is 25.9 Å². The lowest BCUT2D eigenvalue weighted by atomic mass is 10.1. The Kier molecular flexibility index (Phi) is 7.10. The summed E-state index contributed by atoms with van der Waals surface area (Å²) in [5, 5.41) is 12.5. The molecule has 168 valence electrons. The molecule has 0 saturated heterocycles. The number of nitrogens with one attached hydrogen (secondary N) is 1. The van der Waals surface area contributed by atoms with Gasteiger partial charge in [0.05, 0.1) is 12.4 Å². The minimum Gasteiger partial charge on any atom is -0.494 e. The van der Waals surface area contributed by atoms with Crippen LogP contribution in [0.3, 0.4) is 0 Å². The molecule has 33 heavy (non-hydrogen) atoms. The number of ether oxygens (including phenoxy) is 1. The van der Waals surface area contributed by atoms with E-state index in [2.05, 4.69) is 34.6 Å². The van der Waals surface area contributed by atoms with Gasteiger partial charge in [-0.25, -0.2) is 0 Å². The molecule has 1 N–H and O–H groups in total. The Morgan fingerprint density at radius 3 is 2.42 bits per heavy atom. The van der Waals surface area contributed by atoms with Gasteiger partial charge >= 0.3 is 0 Å². The van der Waals surface area contributed by atoms with Crippen molar-refractivity contribution in [2.24, 2.45) is 0 Å². The summed E-state index contributed by atoms with van der Waals surface area (Å²) in [6.07, 6.45) is 0. The first kappa shape index (κ1) is 22.6. The van der Waals surface area contributed by atoms with Crippen LogP contribution in [0.15, 0.2) is 78.0 Å². The van der Waals surface area contributed by atoms with Crippen LogP contribution in [0.4, 0.5) is 5.69 Å². The summed E-state index contributed by atoms with van der Waals surface area (Å²) >= 11 is 1.35. The third-order valence-electron chi connectivity index (χ3n) is 4.98. The zero-order chi connectivity index (χ0) is 23.2. The monoisotopic (exact) mass is 458 g/mol. The van der Waals surface area contributed by atoms with Gasteiger partial charge in [0.2, 0.25) is 5.91 Å². The zero-order valence-electron chi connectivity index (χ0n) is 18.9. The largest absolute Gasteiger partial charge is 0.494 e. The fraction of sp³-hybridized carbons (Fsp3) is 0.192. The van der Waals surface area contributed by atoms with E-state index in [0.717, 1.165) is 34.1 Å². The van der Waals surface area contributed by atoms with Crippen LogP contribution in [-0.4, -0.2) is 33.0 Å². The number of anilines is 1. The maximum Gasteiger partial charge on any atom is 0.234 e. The molecule has 0 aliphatic carbocycles. The highest BCUT2D eigenvalue weighted by molar-refractivity contribution is 7.99. The van der Waals surface area contributed by atoms with E-state index >= 15 is 0 Å². The van der Waals surface area contributed by atoms with E-state index in [0.29, 0.717) is 11.8 Å². The number of thioether (sulfide) groups is 1. The standard InChI is InChI=1S/C26H26N4O2S/c1-4-32-23-14-12-22(13-15-23)30-25(20-10-8-18(2)9-11-20)28-29-26(30)33-17-24(31)27-21-7-5-6-19(3)16-21/h5-16H,4,17H2,1-3H3,(H,27,31). The second-order valence-electron chi connectivity index (χ2n) is 7.64. The number of amides is 1. The molecule has 1 amide bonds. The molecule has 1 heterocycles. The number of carbonyl (C=O) groups excluding carboxylic acids is 1. The van der Waals surface area contributed by atoms with Gasteiger partial charge in [-0.3, -0.25) is 9.36 Å². The van der Waals surface area contributed by atoms with Crippen LogP contribution in [0.2, 0.25) is 0 Å². The first-order chi connectivity index (χ1) is 16.0. The van der Waals surface area contributed by atoms with Gasteiger partial charge in [-0.15, -0.1) is 10.2 Å². The molecule has 4 rings (SSSR count). The van der Waals surface area contributed by atoms with Crippen molar-refractivity contribution in [1.82, 2.24) is 14.8 Å². The lowest BCUT2D eigenvalue weighted by molar-refractivity contribution is -0.113. The van der Waals surface area contributed by atoms with E-state index in [9.17, 15) is 4.79 Å². The average Bonchev–Trinajstić information content (AvgIpc) is 3.23. The summed E-state index contributed by atoms with van der Waals surface area (Å²) in [5.41, 5.74) is 4.92. The fourth-order valence-corrected chi connectivity index (χ4v) is 4.15. The number of hydrogen-bond acceptors (Lipinski definition) is 5. The van der Waals surface area contributed by atoms with E-state index in [1.165, 1.54) is 17.3 Å². The lowest BCUT2D eigenvalue weighted by Gasteiger charge is -2.12. The zero-order valence-corrected chi connectivity index (χ0v) is 19.7. The van der Waals surface area contributed by atoms with Crippen LogP contribution >= 0.6 is 11.8 Å². The molecule has 7 heteroatoms. The number of aromatic nitrogens is 3. The van der Waals surface area contributed by atoms with E-state index in [4.69, 9.17) is 4.74 Å². The first-order valence-electron chi connectivity index (χ1n) is 10.8. The van der Waals surface area contributed by atoms with Crippen molar-refractivity contribution in [3.63, 3.8) is 0 Å². The normalized spacial score (nSPS) is 10.8. The molecule has 0 radical (unpaired) electrons. The fourth-order valence-electron chi connectivity index (χ4n) is 3.39. The smallest absolute Gasteiger partial charge is 0.234 e. The van der Waals surface area contributed by atoms with Crippen molar-refractivity contribution in [3.05, 3.63) is 83.9 Å². The summed E-state index contributed by atoms with van der Waals surface area (Å²) in [7, 11) is 0. The molecular formula is C26H26N4O2S. The van der Waals surface area contributed by atoms with Crippen LogP contribution in [0.1, 0.15) is 18.1 Å². The second kappa shape index (κ2) is 10.4. The Hall–Kier alpha value is -3.58. The third kappa shape index (κ3) is 5.62. The quantitative estimate of drug-likeness (QED) is 0.344. The summed E-state index contributed by atoms with van der Waals surface area (Å²) < 4.78 is 7.56. The Morgan fingerprint density at radius 1 is 0.970 bits per heavy atom. The number of carbonyl (C=O) groups is 1. The van der Waals surface area contributed by atoms with E-state index in [1.54, 1.807) is 0 Å². The Morgan fingerprint density at radius 2 is 1.73 bits per heavy atom. The highest BCUT2D eigenvalue weighted by Gasteiger charge is 2.17. The van der Waals surface area contributed by atoms with Crippen LogP contribution in [0, 0.1) is 13.8 Å². The van der Waals surface area contributed by atoms with Gasteiger partial charge < -0.3 is 10.1 Å². The number of hydrogen-bond donors (Lipinski definition) is 1. The van der Waals surface area contributed by atoms with Crippen molar-refractivity contribution >= 4 is 23.4 Å². The Bertz CT molecular complexity index is 1230. The van der Waals surface area contributed by atoms with Gasteiger partial charge in [-0.05, 0) is 62.7 Å². The molecule has 0 fully saturated rings. The lowest BCUT2D eigenvalue weighted by Crippen LogP contribution is -2.14. The van der Waals surface area contributed by atoms with Gasteiger partial charge in [0.25, 0.3) is 0 Å². The van der Waals surface area contributed by atoms with Crippen molar-refractivity contribution in [2.75, 3.05) is 17.7 Å². The van der Waals surface area contributed by atoms with Crippen LogP contribution in [0.5, 0.6) is 5.75 Å². The minimum absolute atomic E-state index is 0.0938. The molecular weight excluding hydrogens is 432 g/mol. The molecule has 0 bridgehead atoms. The molecule has 0 aliphatic heterocycles. The number of benzene rings is 3. The highest BCUT2D eigenvalue weighted by atomic mass is 32.2. The topological polar surface area (TPSA) is 69.0 Å². The van der Waals surface area contributed by atoms with Gasteiger partial charge in [-0.2, -0.15) is 0 Å². The van der Waals surface area contributed by atoms with Gasteiger partial charge in [-0.1, -0.05) is 53.7 Å². The van der Waals surface area contributed by atoms with Crippen molar-refractivity contribution in [3.8, 4) is 22.8 Å². The molecule has 0 aliphatic rings. The van der Waals surface area contributed by atoms with E-state index < -0.39 is 0 Å². The molecule has 0 atom stereocenters. The number of nitrogens with zero attached hydrogens (tertiary/aromatic N) is 3. The van der Waals surface area contributed by atoms with Crippen molar-refractivity contribution < 1.29 is 9.53 Å². The van der Waals surface area contributed by atoms with Crippen LogP contribution in [-0.2, 0) is 4.79 Å². The van der Waals surface area contributed by atoms with Crippen LogP contribution in [0.25, 0.3) is 17.1 Å². The maximum atomic E-state index is 12.6.